The van der Waals surface area contributed by atoms with Crippen LogP contribution in [0.2, 0.25) is 0 Å². The molecule has 0 aliphatic rings. The molecule has 0 unspecified atom stereocenters. The normalized spacial score (nSPS) is 11.2. The number of rotatable bonds is 8. The van der Waals surface area contributed by atoms with Gasteiger partial charge in [0.1, 0.15) is 5.69 Å². The molecule has 2 aromatic heterocycles. The standard InChI is InChI=1S/C14H22N6O/c1-3-12(4-2)20-7-5-11(17-20)9-14(21)13-10-19(8-6-15)18-16-13/h5,7,10,12H,3-4,6,8-9,15H2,1-2H3. The van der Waals surface area contributed by atoms with Gasteiger partial charge in [-0.05, 0) is 18.9 Å². The second-order valence-corrected chi connectivity index (χ2v) is 5.01. The Labute approximate surface area is 124 Å². The third kappa shape index (κ3) is 3.75. The van der Waals surface area contributed by atoms with Crippen molar-refractivity contribution in [1.29, 1.82) is 0 Å². The van der Waals surface area contributed by atoms with E-state index in [1.54, 1.807) is 10.9 Å². The second-order valence-electron chi connectivity index (χ2n) is 5.01. The van der Waals surface area contributed by atoms with Gasteiger partial charge >= 0.3 is 0 Å². The molecule has 2 rings (SSSR count). The predicted octanol–water partition coefficient (Wildman–Crippen LogP) is 1.22. The van der Waals surface area contributed by atoms with E-state index in [0.717, 1.165) is 18.5 Å². The Kier molecular flexibility index (Phi) is 5.21. The molecule has 0 aliphatic heterocycles. The van der Waals surface area contributed by atoms with Gasteiger partial charge in [-0.2, -0.15) is 5.10 Å². The zero-order valence-corrected chi connectivity index (χ0v) is 12.6. The lowest BCUT2D eigenvalue weighted by molar-refractivity contribution is 0.0987. The van der Waals surface area contributed by atoms with Crippen LogP contribution in [0.3, 0.4) is 0 Å². The van der Waals surface area contributed by atoms with Crippen molar-refractivity contribution in [2.75, 3.05) is 6.54 Å². The van der Waals surface area contributed by atoms with Crippen LogP contribution in [-0.4, -0.2) is 37.1 Å². The van der Waals surface area contributed by atoms with Crippen LogP contribution in [-0.2, 0) is 13.0 Å². The summed E-state index contributed by atoms with van der Waals surface area (Å²) in [6.45, 7) is 5.30. The molecule has 114 valence electrons. The fourth-order valence-corrected chi connectivity index (χ4v) is 2.26. The van der Waals surface area contributed by atoms with Crippen molar-refractivity contribution >= 4 is 5.78 Å². The highest BCUT2D eigenvalue weighted by Crippen LogP contribution is 2.15. The van der Waals surface area contributed by atoms with E-state index < -0.39 is 0 Å². The molecule has 0 atom stereocenters. The van der Waals surface area contributed by atoms with Crippen molar-refractivity contribution in [3.8, 4) is 0 Å². The molecule has 2 aromatic rings. The van der Waals surface area contributed by atoms with E-state index in [0.29, 0.717) is 24.8 Å². The van der Waals surface area contributed by atoms with Crippen molar-refractivity contribution in [2.45, 2.75) is 45.7 Å². The Balaban J connectivity index is 2.02. The van der Waals surface area contributed by atoms with Crippen molar-refractivity contribution in [3.63, 3.8) is 0 Å². The fourth-order valence-electron chi connectivity index (χ4n) is 2.26. The van der Waals surface area contributed by atoms with E-state index in [2.05, 4.69) is 29.3 Å². The zero-order chi connectivity index (χ0) is 15.2. The maximum Gasteiger partial charge on any atom is 0.190 e. The van der Waals surface area contributed by atoms with Crippen LogP contribution in [0.15, 0.2) is 18.5 Å². The molecule has 0 aromatic carbocycles. The van der Waals surface area contributed by atoms with Crippen LogP contribution in [0, 0.1) is 0 Å². The summed E-state index contributed by atoms with van der Waals surface area (Å²) in [5, 5.41) is 12.2. The Morgan fingerprint density at radius 1 is 1.38 bits per heavy atom. The summed E-state index contributed by atoms with van der Waals surface area (Å²) >= 11 is 0. The van der Waals surface area contributed by atoms with Crippen LogP contribution >= 0.6 is 0 Å². The number of nitrogens with zero attached hydrogens (tertiary/aromatic N) is 5. The summed E-state index contributed by atoms with van der Waals surface area (Å²) in [5.74, 6) is -0.0759. The molecule has 21 heavy (non-hydrogen) atoms. The van der Waals surface area contributed by atoms with Gasteiger partial charge in [0.2, 0.25) is 0 Å². The zero-order valence-electron chi connectivity index (χ0n) is 12.6. The first kappa shape index (κ1) is 15.4. The molecule has 0 radical (unpaired) electrons. The molecule has 0 aliphatic carbocycles. The van der Waals surface area contributed by atoms with Gasteiger partial charge in [-0.1, -0.05) is 19.1 Å². The second kappa shape index (κ2) is 7.12. The summed E-state index contributed by atoms with van der Waals surface area (Å²) in [5.41, 5.74) is 6.57. The largest absolute Gasteiger partial charge is 0.329 e. The topological polar surface area (TPSA) is 91.6 Å². The highest BCUT2D eigenvalue weighted by Gasteiger charge is 2.14. The highest BCUT2D eigenvalue weighted by atomic mass is 16.1. The molecule has 7 nitrogen and oxygen atoms in total. The van der Waals surface area contributed by atoms with E-state index in [-0.39, 0.29) is 12.2 Å². The summed E-state index contributed by atoms with van der Waals surface area (Å²) < 4.78 is 3.52. The van der Waals surface area contributed by atoms with E-state index in [1.807, 2.05) is 16.9 Å². The Morgan fingerprint density at radius 3 is 2.81 bits per heavy atom. The van der Waals surface area contributed by atoms with Crippen LogP contribution in [0.5, 0.6) is 0 Å². The Bertz CT molecular complexity index is 584. The lowest BCUT2D eigenvalue weighted by Gasteiger charge is -2.12. The Morgan fingerprint density at radius 2 is 2.14 bits per heavy atom. The molecule has 2 heterocycles. The number of nitrogens with two attached hydrogens (primary N) is 1. The number of ketones is 1. The van der Waals surface area contributed by atoms with Gasteiger partial charge in [-0.15, -0.1) is 5.10 Å². The Hall–Kier alpha value is -2.02. The smallest absolute Gasteiger partial charge is 0.190 e. The average molecular weight is 290 g/mol. The molecular weight excluding hydrogens is 268 g/mol. The summed E-state index contributed by atoms with van der Waals surface area (Å²) in [6.07, 6.45) is 5.87. The molecule has 7 heteroatoms. The monoisotopic (exact) mass is 290 g/mol. The predicted molar refractivity (Wildman–Crippen MR) is 79.0 cm³/mol. The highest BCUT2D eigenvalue weighted by molar-refractivity contribution is 5.95. The number of aromatic nitrogens is 5. The van der Waals surface area contributed by atoms with Crippen LogP contribution in [0.1, 0.15) is 48.9 Å². The summed E-state index contributed by atoms with van der Waals surface area (Å²) in [6, 6.07) is 2.28. The molecule has 0 spiro atoms. The summed E-state index contributed by atoms with van der Waals surface area (Å²) in [4.78, 5) is 12.2. The number of hydrogen-bond acceptors (Lipinski definition) is 5. The van der Waals surface area contributed by atoms with E-state index >= 15 is 0 Å². The van der Waals surface area contributed by atoms with Gasteiger partial charge in [0.15, 0.2) is 5.78 Å². The van der Waals surface area contributed by atoms with Crippen LogP contribution < -0.4 is 5.73 Å². The minimum atomic E-state index is -0.0759. The third-order valence-electron chi connectivity index (χ3n) is 3.50. The van der Waals surface area contributed by atoms with Gasteiger partial charge in [-0.3, -0.25) is 14.2 Å². The number of carbonyl (C=O) groups excluding carboxylic acids is 1. The molecular formula is C14H22N6O. The lowest BCUT2D eigenvalue weighted by atomic mass is 10.2. The fraction of sp³-hybridized carbons (Fsp3) is 0.571. The van der Waals surface area contributed by atoms with Crippen molar-refractivity contribution in [1.82, 2.24) is 24.8 Å². The van der Waals surface area contributed by atoms with Crippen LogP contribution in [0.4, 0.5) is 0 Å². The number of Topliss-reactive ketones (excluding diaryl/α,β-unsaturated/α-hetero) is 1. The molecule has 0 bridgehead atoms. The first-order valence-electron chi connectivity index (χ1n) is 7.35. The van der Waals surface area contributed by atoms with Gasteiger partial charge in [0.25, 0.3) is 0 Å². The molecule has 0 saturated heterocycles. The number of hydrogen-bond donors (Lipinski definition) is 1. The van der Waals surface area contributed by atoms with Crippen molar-refractivity contribution in [2.24, 2.45) is 5.73 Å². The van der Waals surface area contributed by atoms with Gasteiger partial charge in [0, 0.05) is 12.7 Å². The molecule has 0 fully saturated rings. The van der Waals surface area contributed by atoms with Gasteiger partial charge in [-0.25, -0.2) is 0 Å². The maximum absolute atomic E-state index is 12.2. The minimum Gasteiger partial charge on any atom is -0.329 e. The van der Waals surface area contributed by atoms with Crippen molar-refractivity contribution in [3.05, 3.63) is 29.8 Å². The van der Waals surface area contributed by atoms with Crippen molar-refractivity contribution < 1.29 is 4.79 Å². The van der Waals surface area contributed by atoms with Crippen LogP contribution in [0.25, 0.3) is 0 Å². The van der Waals surface area contributed by atoms with Gasteiger partial charge in [0.05, 0.1) is 30.9 Å². The lowest BCUT2D eigenvalue weighted by Crippen LogP contribution is -2.10. The summed E-state index contributed by atoms with van der Waals surface area (Å²) in [7, 11) is 0. The molecule has 0 amide bonds. The van der Waals surface area contributed by atoms with E-state index in [9.17, 15) is 4.79 Å². The average Bonchev–Trinajstić information content (AvgIpc) is 3.11. The first-order valence-corrected chi connectivity index (χ1v) is 7.35. The minimum absolute atomic E-state index is 0.0759. The van der Waals surface area contributed by atoms with E-state index in [4.69, 9.17) is 5.73 Å². The molecule has 0 saturated carbocycles. The van der Waals surface area contributed by atoms with E-state index in [1.165, 1.54) is 0 Å². The third-order valence-corrected chi connectivity index (χ3v) is 3.50. The number of carbonyl (C=O) groups is 1. The van der Waals surface area contributed by atoms with Gasteiger partial charge < -0.3 is 5.73 Å². The first-order chi connectivity index (χ1) is 10.2. The maximum atomic E-state index is 12.2. The quantitative estimate of drug-likeness (QED) is 0.738. The molecule has 2 N–H and O–H groups in total. The SMILES string of the molecule is CCC(CC)n1ccc(CC(=O)c2cn(CCN)nn2)n1.